The number of benzene rings is 1. The molecule has 0 aliphatic heterocycles. The van der Waals surface area contributed by atoms with E-state index in [2.05, 4.69) is 6.92 Å². The number of aliphatic hydroxyl groups is 1. The summed E-state index contributed by atoms with van der Waals surface area (Å²) in [5, 5.41) is 11.6. The topological polar surface area (TPSA) is 72.8 Å². The maximum absolute atomic E-state index is 11.6. The number of ether oxygens (including phenoxy) is 2. The Morgan fingerprint density at radius 3 is 2.54 bits per heavy atom. The lowest BCUT2D eigenvalue weighted by atomic mass is 9.50. The van der Waals surface area contributed by atoms with Crippen LogP contribution in [0.5, 0.6) is 5.75 Å². The third-order valence-corrected chi connectivity index (χ3v) is 7.44. The van der Waals surface area contributed by atoms with Crippen LogP contribution in [0.15, 0.2) is 18.2 Å². The van der Waals surface area contributed by atoms with Gasteiger partial charge in [0.25, 0.3) is 0 Å². The van der Waals surface area contributed by atoms with E-state index in [9.17, 15) is 14.7 Å². The van der Waals surface area contributed by atoms with Crippen molar-refractivity contribution in [3.8, 4) is 5.75 Å². The van der Waals surface area contributed by atoms with Gasteiger partial charge in [0, 0.05) is 25.2 Å². The van der Waals surface area contributed by atoms with E-state index in [1.165, 1.54) is 25.0 Å². The van der Waals surface area contributed by atoms with E-state index in [0.717, 1.165) is 25.7 Å². The van der Waals surface area contributed by atoms with E-state index in [4.69, 9.17) is 9.47 Å². The fourth-order valence-electron chi connectivity index (χ4n) is 6.73. The summed E-state index contributed by atoms with van der Waals surface area (Å²) in [5.74, 6) is 0.861. The summed E-state index contributed by atoms with van der Waals surface area (Å²) in [4.78, 5) is 22.9. The molecule has 5 heteroatoms. The summed E-state index contributed by atoms with van der Waals surface area (Å²) in [6.45, 7) is 7.01. The summed E-state index contributed by atoms with van der Waals surface area (Å²) >= 11 is 0. The molecule has 4 rings (SSSR count). The summed E-state index contributed by atoms with van der Waals surface area (Å²) in [6, 6.07) is 5.82. The lowest BCUT2D eigenvalue weighted by Gasteiger charge is -2.56. The minimum absolute atomic E-state index is 0.0526. The Morgan fingerprint density at radius 2 is 1.86 bits per heavy atom. The van der Waals surface area contributed by atoms with Crippen LogP contribution in [0, 0.1) is 17.3 Å². The van der Waals surface area contributed by atoms with Crippen LogP contribution in [0.1, 0.15) is 70.4 Å². The van der Waals surface area contributed by atoms with Crippen molar-refractivity contribution in [2.45, 2.75) is 77.4 Å². The van der Waals surface area contributed by atoms with Crippen LogP contribution in [-0.4, -0.2) is 28.8 Å². The molecule has 0 bridgehead atoms. The van der Waals surface area contributed by atoms with E-state index in [0.29, 0.717) is 24.0 Å². The molecular formula is C23H30O5. The van der Waals surface area contributed by atoms with Gasteiger partial charge < -0.3 is 14.6 Å². The smallest absolute Gasteiger partial charge is 0.308 e. The molecule has 1 N–H and O–H groups in total. The minimum atomic E-state index is -0.878. The number of esters is 2. The van der Waals surface area contributed by atoms with E-state index in [1.54, 1.807) is 0 Å². The number of rotatable bonds is 2. The Kier molecular flexibility index (Phi) is 4.57. The average molecular weight is 386 g/mol. The van der Waals surface area contributed by atoms with Gasteiger partial charge in [0.05, 0.1) is 5.60 Å². The highest BCUT2D eigenvalue weighted by atomic mass is 16.5. The second-order valence-electron chi connectivity index (χ2n) is 9.46. The monoisotopic (exact) mass is 386 g/mol. The summed E-state index contributed by atoms with van der Waals surface area (Å²) in [7, 11) is 0. The molecule has 2 saturated carbocycles. The third-order valence-electron chi connectivity index (χ3n) is 7.44. The first-order chi connectivity index (χ1) is 13.1. The van der Waals surface area contributed by atoms with Crippen molar-refractivity contribution in [1.29, 1.82) is 0 Å². The van der Waals surface area contributed by atoms with Crippen LogP contribution in [0.2, 0.25) is 0 Å². The van der Waals surface area contributed by atoms with Gasteiger partial charge >= 0.3 is 11.9 Å². The molecule has 5 nitrogen and oxygen atoms in total. The van der Waals surface area contributed by atoms with E-state index < -0.39 is 5.60 Å². The van der Waals surface area contributed by atoms with Gasteiger partial charge in [0.2, 0.25) is 0 Å². The molecule has 0 saturated heterocycles. The number of aryl methyl sites for hydroxylation is 1. The van der Waals surface area contributed by atoms with Crippen molar-refractivity contribution in [2.75, 3.05) is 0 Å². The molecular weight excluding hydrogens is 356 g/mol. The highest BCUT2D eigenvalue weighted by Gasteiger charge is 2.62. The Hall–Kier alpha value is -1.88. The van der Waals surface area contributed by atoms with Crippen LogP contribution in [0.3, 0.4) is 0 Å². The van der Waals surface area contributed by atoms with Gasteiger partial charge in [-0.05, 0) is 74.1 Å². The largest absolute Gasteiger partial charge is 0.462 e. The molecule has 3 aliphatic carbocycles. The van der Waals surface area contributed by atoms with Crippen LogP contribution in [-0.2, 0) is 20.7 Å². The van der Waals surface area contributed by atoms with Crippen LogP contribution < -0.4 is 4.74 Å². The number of carbonyl (C=O) groups is 2. The highest BCUT2D eigenvalue weighted by molar-refractivity contribution is 5.69. The van der Waals surface area contributed by atoms with Crippen LogP contribution >= 0.6 is 0 Å². The second-order valence-corrected chi connectivity index (χ2v) is 9.46. The number of hydrogen-bond acceptors (Lipinski definition) is 5. The number of fused-ring (bicyclic) bond motifs is 5. The van der Waals surface area contributed by atoms with Gasteiger partial charge in [-0.3, -0.25) is 9.59 Å². The van der Waals surface area contributed by atoms with Gasteiger partial charge in [-0.2, -0.15) is 0 Å². The summed E-state index contributed by atoms with van der Waals surface area (Å²) in [5.41, 5.74) is 1.27. The standard InChI is InChI=1S/C23H30O5/c1-13(24)27-16-6-8-17-15(11-16)5-7-18-19-9-10-20(28-14(2)25)22(19,3)12-23(4,26)21(17)18/h6,8,11,18-21,26H,5,7,9-10,12H2,1-4H3. The molecule has 1 aromatic carbocycles. The Balaban J connectivity index is 1.69. The summed E-state index contributed by atoms with van der Waals surface area (Å²) < 4.78 is 10.9. The summed E-state index contributed by atoms with van der Waals surface area (Å²) in [6.07, 6.45) is 4.31. The lowest BCUT2D eigenvalue weighted by Crippen LogP contribution is -2.55. The van der Waals surface area contributed by atoms with Gasteiger partial charge in [-0.15, -0.1) is 0 Å². The molecule has 28 heavy (non-hydrogen) atoms. The molecule has 0 amide bonds. The lowest BCUT2D eigenvalue weighted by molar-refractivity contribution is -0.166. The number of carbonyl (C=O) groups excluding carboxylic acids is 2. The molecule has 0 heterocycles. The average Bonchev–Trinajstić information content (AvgIpc) is 2.88. The highest BCUT2D eigenvalue weighted by Crippen LogP contribution is 2.64. The van der Waals surface area contributed by atoms with E-state index in [1.807, 2.05) is 25.1 Å². The Morgan fingerprint density at radius 1 is 1.11 bits per heavy atom. The first-order valence-corrected chi connectivity index (χ1v) is 10.3. The third kappa shape index (κ3) is 3.04. The quantitative estimate of drug-likeness (QED) is 0.619. The Labute approximate surface area is 166 Å². The normalized spacial score (nSPS) is 38.8. The molecule has 1 aromatic rings. The second kappa shape index (κ2) is 6.58. The van der Waals surface area contributed by atoms with Gasteiger partial charge in [0.1, 0.15) is 11.9 Å². The number of hydrogen-bond donors (Lipinski definition) is 1. The minimum Gasteiger partial charge on any atom is -0.462 e. The molecule has 6 atom stereocenters. The zero-order valence-corrected chi connectivity index (χ0v) is 17.2. The van der Waals surface area contributed by atoms with Crippen molar-refractivity contribution >= 4 is 11.9 Å². The van der Waals surface area contributed by atoms with Crippen molar-refractivity contribution < 1.29 is 24.2 Å². The van der Waals surface area contributed by atoms with Crippen molar-refractivity contribution in [3.05, 3.63) is 29.3 Å². The van der Waals surface area contributed by atoms with Crippen molar-refractivity contribution in [3.63, 3.8) is 0 Å². The predicted octanol–water partition coefficient (Wildman–Crippen LogP) is 3.76. The van der Waals surface area contributed by atoms with Crippen LogP contribution in [0.4, 0.5) is 0 Å². The molecule has 2 fully saturated rings. The maximum atomic E-state index is 11.6. The van der Waals surface area contributed by atoms with Crippen LogP contribution in [0.25, 0.3) is 0 Å². The Bertz CT molecular complexity index is 813. The van der Waals surface area contributed by atoms with Gasteiger partial charge in [-0.25, -0.2) is 0 Å². The fourth-order valence-corrected chi connectivity index (χ4v) is 6.73. The molecule has 0 spiro atoms. The van der Waals surface area contributed by atoms with E-state index >= 15 is 0 Å². The predicted molar refractivity (Wildman–Crippen MR) is 104 cm³/mol. The first kappa shape index (κ1) is 19.4. The van der Waals surface area contributed by atoms with Gasteiger partial charge in [-0.1, -0.05) is 13.0 Å². The SMILES string of the molecule is CC(=O)Oc1ccc2c(c1)CCC1C2C(C)(O)CC2(C)C(OC(C)=O)CCC12. The zero-order valence-electron chi connectivity index (χ0n) is 17.2. The molecule has 3 aliphatic rings. The molecule has 0 radical (unpaired) electrons. The van der Waals surface area contributed by atoms with Crippen molar-refractivity contribution in [2.24, 2.45) is 17.3 Å². The maximum Gasteiger partial charge on any atom is 0.308 e. The van der Waals surface area contributed by atoms with Crippen molar-refractivity contribution in [1.82, 2.24) is 0 Å². The molecule has 0 aromatic heterocycles. The fraction of sp³-hybridized carbons (Fsp3) is 0.652. The van der Waals surface area contributed by atoms with E-state index in [-0.39, 0.29) is 29.4 Å². The van der Waals surface area contributed by atoms with Gasteiger partial charge in [0.15, 0.2) is 0 Å². The molecule has 6 unspecified atom stereocenters. The molecule has 152 valence electrons. The zero-order chi connectivity index (χ0) is 20.3. The first-order valence-electron chi connectivity index (χ1n) is 10.3.